The summed E-state index contributed by atoms with van der Waals surface area (Å²) < 4.78 is 0. The fourth-order valence-electron chi connectivity index (χ4n) is 2.56. The highest BCUT2D eigenvalue weighted by Gasteiger charge is 2.04. The van der Waals surface area contributed by atoms with Crippen molar-refractivity contribution < 1.29 is 4.79 Å². The zero-order valence-electron chi connectivity index (χ0n) is 14.7. The number of aromatic amines is 1. The second-order valence-corrected chi connectivity index (χ2v) is 6.13. The number of hydrogen-bond donors (Lipinski definition) is 1. The molecule has 1 aromatic rings. The van der Waals surface area contributed by atoms with Gasteiger partial charge >= 0.3 is 0 Å². The number of unbranched alkanes of at least 4 members (excludes halogenated alkanes) is 7. The first-order chi connectivity index (χ1) is 11.3. The summed E-state index contributed by atoms with van der Waals surface area (Å²) in [6.45, 7) is 2.24. The van der Waals surface area contributed by atoms with Crippen LogP contribution < -0.4 is 0 Å². The summed E-state index contributed by atoms with van der Waals surface area (Å²) in [6, 6.07) is 3.73. The predicted molar refractivity (Wildman–Crippen MR) is 99.9 cm³/mol. The summed E-state index contributed by atoms with van der Waals surface area (Å²) in [5.41, 5.74) is 0.746. The normalized spacial score (nSPS) is 11.7. The summed E-state index contributed by atoms with van der Waals surface area (Å²) in [5.74, 6) is 0.237. The summed E-state index contributed by atoms with van der Waals surface area (Å²) in [6.07, 6.45) is 23.6. The maximum Gasteiger partial charge on any atom is 0.178 e. The van der Waals surface area contributed by atoms with Crippen LogP contribution in [-0.2, 0) is 0 Å². The molecule has 0 fully saturated rings. The number of aromatic nitrogens is 1. The Morgan fingerprint density at radius 1 is 0.957 bits per heavy atom. The van der Waals surface area contributed by atoms with E-state index in [1.807, 2.05) is 12.1 Å². The lowest BCUT2D eigenvalue weighted by Crippen LogP contribution is -1.98. The molecule has 1 aromatic heterocycles. The van der Waals surface area contributed by atoms with Crippen molar-refractivity contribution in [2.45, 2.75) is 77.6 Å². The molecular formula is C21H33NO. The van der Waals surface area contributed by atoms with Crippen LogP contribution in [0.1, 0.15) is 88.0 Å². The number of Topliss-reactive ketones (excluding diaryl/α,β-unsaturated/α-hetero) is 1. The zero-order valence-corrected chi connectivity index (χ0v) is 14.7. The molecule has 0 aromatic carbocycles. The number of H-pyrrole nitrogens is 1. The van der Waals surface area contributed by atoms with Gasteiger partial charge in [-0.2, -0.15) is 0 Å². The first-order valence-electron chi connectivity index (χ1n) is 9.31. The Bertz CT molecular complexity index is 442. The largest absolute Gasteiger partial charge is 0.359 e. The number of allylic oxidation sites excluding steroid dienone is 4. The first-order valence-corrected chi connectivity index (χ1v) is 9.31. The van der Waals surface area contributed by atoms with Gasteiger partial charge in [-0.3, -0.25) is 4.79 Å². The van der Waals surface area contributed by atoms with E-state index in [9.17, 15) is 4.79 Å². The van der Waals surface area contributed by atoms with Crippen molar-refractivity contribution in [1.82, 2.24) is 4.98 Å². The van der Waals surface area contributed by atoms with Crippen LogP contribution >= 0.6 is 0 Å². The maximum atomic E-state index is 11.8. The van der Waals surface area contributed by atoms with Gasteiger partial charge in [0.1, 0.15) is 0 Å². The first kappa shape index (κ1) is 19.5. The van der Waals surface area contributed by atoms with E-state index in [0.717, 1.165) is 31.4 Å². The molecule has 0 aliphatic heterocycles. The molecule has 0 aliphatic carbocycles. The fourth-order valence-corrected chi connectivity index (χ4v) is 2.56. The van der Waals surface area contributed by atoms with Crippen molar-refractivity contribution >= 4 is 5.78 Å². The third-order valence-corrected chi connectivity index (χ3v) is 4.00. The van der Waals surface area contributed by atoms with Gasteiger partial charge in [0.15, 0.2) is 5.78 Å². The van der Waals surface area contributed by atoms with Crippen molar-refractivity contribution in [3.05, 3.63) is 48.3 Å². The van der Waals surface area contributed by atoms with Gasteiger partial charge in [-0.1, -0.05) is 56.9 Å². The number of ketones is 1. The molecular weight excluding hydrogens is 282 g/mol. The van der Waals surface area contributed by atoms with Crippen LogP contribution in [0.5, 0.6) is 0 Å². The molecule has 23 heavy (non-hydrogen) atoms. The number of carbonyl (C=O) groups is 1. The van der Waals surface area contributed by atoms with E-state index < -0.39 is 0 Å². The molecule has 0 saturated carbocycles. The molecule has 0 radical (unpaired) electrons. The summed E-state index contributed by atoms with van der Waals surface area (Å²) in [7, 11) is 0. The van der Waals surface area contributed by atoms with Gasteiger partial charge in [-0.05, 0) is 50.7 Å². The van der Waals surface area contributed by atoms with E-state index in [-0.39, 0.29) is 5.78 Å². The van der Waals surface area contributed by atoms with Gasteiger partial charge in [0, 0.05) is 12.6 Å². The average molecular weight is 316 g/mol. The second-order valence-electron chi connectivity index (χ2n) is 6.13. The second kappa shape index (κ2) is 14.0. The van der Waals surface area contributed by atoms with E-state index in [1.54, 1.807) is 6.20 Å². The Morgan fingerprint density at radius 3 is 2.30 bits per heavy atom. The molecule has 0 unspecified atom stereocenters. The molecule has 2 heteroatoms. The molecule has 1 rings (SSSR count). The zero-order chi connectivity index (χ0) is 16.6. The van der Waals surface area contributed by atoms with Gasteiger partial charge in [-0.15, -0.1) is 0 Å². The van der Waals surface area contributed by atoms with Crippen LogP contribution in [0.15, 0.2) is 42.6 Å². The van der Waals surface area contributed by atoms with Gasteiger partial charge in [0.05, 0.1) is 5.69 Å². The minimum atomic E-state index is 0.237. The number of hydrogen-bond acceptors (Lipinski definition) is 1. The molecule has 0 atom stereocenters. The van der Waals surface area contributed by atoms with Crippen molar-refractivity contribution in [2.24, 2.45) is 0 Å². The topological polar surface area (TPSA) is 32.9 Å². The lowest BCUT2D eigenvalue weighted by molar-refractivity contribution is 0.0975. The van der Waals surface area contributed by atoms with Crippen LogP contribution in [0, 0.1) is 0 Å². The van der Waals surface area contributed by atoms with Crippen LogP contribution in [0.3, 0.4) is 0 Å². The van der Waals surface area contributed by atoms with Crippen molar-refractivity contribution in [1.29, 1.82) is 0 Å². The minimum absolute atomic E-state index is 0.237. The van der Waals surface area contributed by atoms with Gasteiger partial charge in [0.2, 0.25) is 0 Å². The van der Waals surface area contributed by atoms with E-state index in [0.29, 0.717) is 6.42 Å². The van der Waals surface area contributed by atoms with E-state index in [4.69, 9.17) is 0 Å². The van der Waals surface area contributed by atoms with Crippen LogP contribution in [-0.4, -0.2) is 10.8 Å². The molecule has 0 saturated heterocycles. The van der Waals surface area contributed by atoms with E-state index >= 15 is 0 Å². The number of nitrogens with one attached hydrogen (secondary N) is 1. The molecule has 0 aliphatic rings. The third-order valence-electron chi connectivity index (χ3n) is 4.00. The Kier molecular flexibility index (Phi) is 11.9. The Hall–Kier alpha value is -1.57. The van der Waals surface area contributed by atoms with Crippen molar-refractivity contribution in [2.75, 3.05) is 0 Å². The molecule has 0 spiro atoms. The lowest BCUT2D eigenvalue weighted by Gasteiger charge is -1.99. The van der Waals surface area contributed by atoms with Gasteiger partial charge < -0.3 is 4.98 Å². The molecule has 1 N–H and O–H groups in total. The van der Waals surface area contributed by atoms with Crippen LogP contribution in [0.25, 0.3) is 0 Å². The van der Waals surface area contributed by atoms with Gasteiger partial charge in [-0.25, -0.2) is 0 Å². The minimum Gasteiger partial charge on any atom is -0.359 e. The van der Waals surface area contributed by atoms with Crippen molar-refractivity contribution in [3.63, 3.8) is 0 Å². The van der Waals surface area contributed by atoms with Gasteiger partial charge in [0.25, 0.3) is 0 Å². The standard InChI is InChI=1S/C21H33NO/c1-2-3-4-5-6-7-8-9-10-11-12-13-14-15-18-21(23)20-17-16-19-22-20/h6-7,9-10,16-17,19,22H,2-5,8,11-15,18H2,1H3. The monoisotopic (exact) mass is 315 g/mol. The van der Waals surface area contributed by atoms with Crippen LogP contribution in [0.4, 0.5) is 0 Å². The highest BCUT2D eigenvalue weighted by Crippen LogP contribution is 2.09. The van der Waals surface area contributed by atoms with E-state index in [2.05, 4.69) is 36.2 Å². The Balaban J connectivity index is 1.87. The third kappa shape index (κ3) is 10.7. The highest BCUT2D eigenvalue weighted by atomic mass is 16.1. The Morgan fingerprint density at radius 2 is 1.65 bits per heavy atom. The summed E-state index contributed by atoms with van der Waals surface area (Å²) in [5, 5.41) is 0. The Labute approximate surface area is 142 Å². The quantitative estimate of drug-likeness (QED) is 0.233. The van der Waals surface area contributed by atoms with Crippen molar-refractivity contribution in [3.8, 4) is 0 Å². The maximum absolute atomic E-state index is 11.8. The number of carbonyl (C=O) groups excluding carboxylic acids is 1. The summed E-state index contributed by atoms with van der Waals surface area (Å²) >= 11 is 0. The molecule has 1 heterocycles. The summed E-state index contributed by atoms with van der Waals surface area (Å²) in [4.78, 5) is 14.7. The molecule has 2 nitrogen and oxygen atoms in total. The fraction of sp³-hybridized carbons (Fsp3) is 0.571. The SMILES string of the molecule is CCCCCC=CCC=CCCCCCCC(=O)c1ccc[nH]1. The number of rotatable bonds is 14. The molecule has 0 amide bonds. The van der Waals surface area contributed by atoms with Crippen LogP contribution in [0.2, 0.25) is 0 Å². The predicted octanol–water partition coefficient (Wildman–Crippen LogP) is 6.62. The smallest absolute Gasteiger partial charge is 0.178 e. The highest BCUT2D eigenvalue weighted by molar-refractivity contribution is 5.94. The molecule has 0 bridgehead atoms. The molecule has 128 valence electrons. The average Bonchev–Trinajstić information content (AvgIpc) is 3.09. The lowest BCUT2D eigenvalue weighted by atomic mass is 10.1. The van der Waals surface area contributed by atoms with E-state index in [1.165, 1.54) is 38.5 Å².